The third-order valence-corrected chi connectivity index (χ3v) is 8.78. The minimum atomic E-state index is 0.239. The fourth-order valence-corrected chi connectivity index (χ4v) is 7.37. The average molecular weight is 316 g/mol. The number of piperidine rings is 1. The zero-order chi connectivity index (χ0) is 16.6. The van der Waals surface area contributed by atoms with Gasteiger partial charge in [0.1, 0.15) is 0 Å². The predicted octanol–water partition coefficient (Wildman–Crippen LogP) is 5.00. The van der Waals surface area contributed by atoms with Gasteiger partial charge in [-0.3, -0.25) is 4.79 Å². The van der Waals surface area contributed by atoms with Crippen LogP contribution in [0.3, 0.4) is 0 Å². The Morgan fingerprint density at radius 3 is 2.57 bits per heavy atom. The highest BCUT2D eigenvalue weighted by Crippen LogP contribution is 2.66. The van der Waals surface area contributed by atoms with E-state index in [0.717, 1.165) is 36.5 Å². The van der Waals surface area contributed by atoms with Crippen molar-refractivity contribution in [2.75, 3.05) is 7.05 Å². The van der Waals surface area contributed by atoms with Crippen molar-refractivity contribution >= 4 is 5.91 Å². The third-order valence-electron chi connectivity index (χ3n) is 8.78. The highest BCUT2D eigenvalue weighted by Gasteiger charge is 2.59. The molecule has 0 aromatic carbocycles. The van der Waals surface area contributed by atoms with E-state index in [1.54, 1.807) is 0 Å². The third kappa shape index (κ3) is 1.90. The molecule has 0 aromatic heterocycles. The van der Waals surface area contributed by atoms with Gasteiger partial charge in [-0.2, -0.15) is 0 Å². The maximum atomic E-state index is 12.3. The molecule has 3 unspecified atom stereocenters. The molecular weight excluding hydrogens is 282 g/mol. The van der Waals surface area contributed by atoms with Gasteiger partial charge in [-0.15, -0.1) is 0 Å². The van der Waals surface area contributed by atoms with Crippen molar-refractivity contribution in [2.45, 2.75) is 72.6 Å². The quantitative estimate of drug-likeness (QED) is 0.616. The maximum absolute atomic E-state index is 12.3. The average Bonchev–Trinajstić information content (AvgIpc) is 2.79. The van der Waals surface area contributed by atoms with Crippen molar-refractivity contribution in [2.24, 2.45) is 34.5 Å². The molecule has 0 aromatic rings. The van der Waals surface area contributed by atoms with Gasteiger partial charge in [0.2, 0.25) is 5.91 Å². The lowest BCUT2D eigenvalue weighted by atomic mass is 9.48. The van der Waals surface area contributed by atoms with Crippen LogP contribution in [0.4, 0.5) is 0 Å². The van der Waals surface area contributed by atoms with Gasteiger partial charge in [0.05, 0.1) is 0 Å². The fraction of sp³-hybridized carbons (Fsp3) is 0.857. The van der Waals surface area contributed by atoms with E-state index < -0.39 is 0 Å². The first-order valence-corrected chi connectivity index (χ1v) is 9.76. The summed E-state index contributed by atoms with van der Waals surface area (Å²) in [5.74, 6) is 3.77. The van der Waals surface area contributed by atoms with Gasteiger partial charge < -0.3 is 4.90 Å². The number of carbonyl (C=O) groups excluding carboxylic acids is 1. The summed E-state index contributed by atoms with van der Waals surface area (Å²) in [7, 11) is 2.02. The molecule has 23 heavy (non-hydrogen) atoms. The number of hydrogen-bond acceptors (Lipinski definition) is 1. The molecule has 4 rings (SSSR count). The van der Waals surface area contributed by atoms with Crippen LogP contribution in [0.15, 0.2) is 11.3 Å². The summed E-state index contributed by atoms with van der Waals surface area (Å²) in [6.45, 7) is 9.86. The summed E-state index contributed by atoms with van der Waals surface area (Å²) in [4.78, 5) is 14.3. The van der Waals surface area contributed by atoms with Crippen LogP contribution in [0.25, 0.3) is 0 Å². The Hall–Kier alpha value is -0.790. The number of nitrogens with zero attached hydrogens (tertiary/aromatic N) is 1. The molecule has 4 aliphatic rings. The number of allylic oxidation sites excluding steroid dienone is 2. The highest BCUT2D eigenvalue weighted by molar-refractivity contribution is 5.79. The molecule has 1 aliphatic heterocycles. The Kier molecular flexibility index (Phi) is 3.32. The van der Waals surface area contributed by atoms with Gasteiger partial charge in [0.15, 0.2) is 0 Å². The summed E-state index contributed by atoms with van der Waals surface area (Å²) in [5, 5.41) is 0. The summed E-state index contributed by atoms with van der Waals surface area (Å²) >= 11 is 0. The highest BCUT2D eigenvalue weighted by atomic mass is 16.2. The SMILES string of the molecule is CC1=C2N(C)C(=O)CC[C@]2(C)C2CC[C@@]3(C)C(CC[C@@H]3C)C2C1. The number of carbonyl (C=O) groups is 1. The Morgan fingerprint density at radius 2 is 1.83 bits per heavy atom. The molecule has 3 fully saturated rings. The summed E-state index contributed by atoms with van der Waals surface area (Å²) in [6, 6.07) is 0. The molecule has 2 saturated carbocycles. The second-order valence-electron chi connectivity index (χ2n) is 9.60. The molecule has 2 heteroatoms. The second kappa shape index (κ2) is 4.86. The predicted molar refractivity (Wildman–Crippen MR) is 93.6 cm³/mol. The van der Waals surface area contributed by atoms with Crippen molar-refractivity contribution in [3.63, 3.8) is 0 Å². The van der Waals surface area contributed by atoms with Crippen molar-refractivity contribution < 1.29 is 4.79 Å². The monoisotopic (exact) mass is 315 g/mol. The minimum absolute atomic E-state index is 0.239. The smallest absolute Gasteiger partial charge is 0.226 e. The van der Waals surface area contributed by atoms with Crippen molar-refractivity contribution in [1.82, 2.24) is 4.90 Å². The van der Waals surface area contributed by atoms with E-state index >= 15 is 0 Å². The Labute approximate surface area is 141 Å². The number of likely N-dealkylation sites (tertiary alicyclic amines) is 1. The molecule has 0 spiro atoms. The van der Waals surface area contributed by atoms with Crippen LogP contribution in [0, 0.1) is 34.5 Å². The molecule has 1 amide bonds. The second-order valence-corrected chi connectivity index (χ2v) is 9.60. The van der Waals surface area contributed by atoms with Crippen molar-refractivity contribution in [3.8, 4) is 0 Å². The maximum Gasteiger partial charge on any atom is 0.226 e. The van der Waals surface area contributed by atoms with E-state index in [0.29, 0.717) is 11.3 Å². The molecule has 1 heterocycles. The van der Waals surface area contributed by atoms with E-state index in [1.807, 2.05) is 11.9 Å². The Balaban J connectivity index is 1.77. The molecule has 128 valence electrons. The van der Waals surface area contributed by atoms with Crippen LogP contribution in [0.2, 0.25) is 0 Å². The van der Waals surface area contributed by atoms with Gasteiger partial charge in [-0.25, -0.2) is 0 Å². The van der Waals surface area contributed by atoms with Crippen LogP contribution in [-0.2, 0) is 4.79 Å². The lowest BCUT2D eigenvalue weighted by molar-refractivity contribution is -0.136. The van der Waals surface area contributed by atoms with Gasteiger partial charge in [0, 0.05) is 24.6 Å². The molecular formula is C21H33NO. The number of amides is 1. The lowest BCUT2D eigenvalue weighted by Crippen LogP contribution is -2.54. The van der Waals surface area contributed by atoms with E-state index in [-0.39, 0.29) is 5.41 Å². The Bertz CT molecular complexity index is 578. The molecule has 2 nitrogen and oxygen atoms in total. The summed E-state index contributed by atoms with van der Waals surface area (Å²) in [5.41, 5.74) is 3.71. The zero-order valence-corrected chi connectivity index (χ0v) is 15.6. The van der Waals surface area contributed by atoms with Crippen molar-refractivity contribution in [3.05, 3.63) is 11.3 Å². The van der Waals surface area contributed by atoms with Gasteiger partial charge >= 0.3 is 0 Å². The first-order chi connectivity index (χ1) is 10.8. The van der Waals surface area contributed by atoms with E-state index in [4.69, 9.17) is 0 Å². The zero-order valence-electron chi connectivity index (χ0n) is 15.6. The van der Waals surface area contributed by atoms with Gasteiger partial charge in [-0.1, -0.05) is 26.3 Å². The van der Waals surface area contributed by atoms with Crippen LogP contribution in [-0.4, -0.2) is 17.9 Å². The molecule has 3 aliphatic carbocycles. The van der Waals surface area contributed by atoms with Crippen LogP contribution < -0.4 is 0 Å². The first kappa shape index (κ1) is 15.7. The molecule has 0 bridgehead atoms. The standard InChI is InChI=1S/C21H33NO/c1-13-12-15-16-7-6-14(2)20(16,3)10-8-17(15)21(4)11-9-18(23)22(5)19(13)21/h14-17H,6-12H2,1-5H3/t14-,15?,16?,17?,20+,21+/m0/s1. The van der Waals surface area contributed by atoms with Gasteiger partial charge in [-0.05, 0) is 74.5 Å². The topological polar surface area (TPSA) is 20.3 Å². The van der Waals surface area contributed by atoms with Crippen LogP contribution in [0.5, 0.6) is 0 Å². The van der Waals surface area contributed by atoms with Crippen LogP contribution >= 0.6 is 0 Å². The number of hydrogen-bond donors (Lipinski definition) is 0. The number of fused-ring (bicyclic) bond motifs is 5. The van der Waals surface area contributed by atoms with Crippen LogP contribution in [0.1, 0.15) is 72.6 Å². The molecule has 6 atom stereocenters. The number of rotatable bonds is 0. The van der Waals surface area contributed by atoms with Crippen molar-refractivity contribution in [1.29, 1.82) is 0 Å². The van der Waals surface area contributed by atoms with Gasteiger partial charge in [0.25, 0.3) is 0 Å². The molecule has 1 saturated heterocycles. The molecule has 0 N–H and O–H groups in total. The normalized spacial score (nSPS) is 49.8. The van der Waals surface area contributed by atoms with E-state index in [1.165, 1.54) is 43.4 Å². The Morgan fingerprint density at radius 1 is 1.09 bits per heavy atom. The summed E-state index contributed by atoms with van der Waals surface area (Å²) in [6.07, 6.45) is 8.69. The van der Waals surface area contributed by atoms with E-state index in [2.05, 4.69) is 27.7 Å². The summed E-state index contributed by atoms with van der Waals surface area (Å²) < 4.78 is 0. The molecule has 0 radical (unpaired) electrons. The van der Waals surface area contributed by atoms with E-state index in [9.17, 15) is 4.79 Å². The lowest BCUT2D eigenvalue weighted by Gasteiger charge is -2.59. The fourth-order valence-electron chi connectivity index (χ4n) is 7.37. The largest absolute Gasteiger partial charge is 0.319 e. The first-order valence-electron chi connectivity index (χ1n) is 9.76. The minimum Gasteiger partial charge on any atom is -0.319 e.